The van der Waals surface area contributed by atoms with Crippen LogP contribution in [0.4, 0.5) is 10.1 Å². The molecule has 0 bridgehead atoms. The zero-order valence-corrected chi connectivity index (χ0v) is 18.1. The minimum atomic E-state index is -3.46. The highest BCUT2D eigenvalue weighted by molar-refractivity contribution is 7.94. The molecule has 2 atom stereocenters. The van der Waals surface area contributed by atoms with Crippen molar-refractivity contribution in [3.8, 4) is 0 Å². The van der Waals surface area contributed by atoms with Gasteiger partial charge in [-0.25, -0.2) is 13.4 Å². The molecule has 2 unspecified atom stereocenters. The predicted molar refractivity (Wildman–Crippen MR) is 118 cm³/mol. The Morgan fingerprint density at radius 3 is 2.37 bits per heavy atom. The minimum Gasteiger partial charge on any atom is -0.478 e. The average molecular weight is 433 g/mol. The maximum absolute atomic E-state index is 14.9. The van der Waals surface area contributed by atoms with Crippen molar-refractivity contribution in [1.82, 2.24) is 10.0 Å². The number of ether oxygens (including phenoxy) is 1. The van der Waals surface area contributed by atoms with Crippen LogP contribution in [-0.4, -0.2) is 17.4 Å². The predicted octanol–water partition coefficient (Wildman–Crippen LogP) is 3.85. The topological polar surface area (TPSA) is 86.2 Å². The van der Waals surface area contributed by atoms with E-state index in [9.17, 15) is 8.60 Å². The van der Waals surface area contributed by atoms with Gasteiger partial charge in [-0.15, -0.1) is 0 Å². The van der Waals surface area contributed by atoms with Crippen LogP contribution in [0.2, 0.25) is 0 Å². The SMILES string of the molecule is C=C/C(=C1\NCC(C)CO1)S(=N)(=O)NC(=C)Nc1c2c(c(F)c3c1CCC3)CCC2. The number of nitrogens with one attached hydrogen (secondary N) is 4. The Kier molecular flexibility index (Phi) is 5.53. The molecule has 4 N–H and O–H groups in total. The molecule has 1 saturated heterocycles. The molecular weight excluding hydrogens is 403 g/mol. The summed E-state index contributed by atoms with van der Waals surface area (Å²) in [5.41, 5.74) is 4.43. The van der Waals surface area contributed by atoms with E-state index in [-0.39, 0.29) is 16.5 Å². The summed E-state index contributed by atoms with van der Waals surface area (Å²) in [6.45, 7) is 10.9. The molecule has 1 fully saturated rings. The number of anilines is 1. The Morgan fingerprint density at radius 1 is 1.23 bits per heavy atom. The molecule has 4 rings (SSSR count). The summed E-state index contributed by atoms with van der Waals surface area (Å²) in [7, 11) is -3.46. The van der Waals surface area contributed by atoms with Crippen LogP contribution in [0.25, 0.3) is 0 Å². The third-order valence-corrected chi connectivity index (χ3v) is 7.46. The Balaban J connectivity index is 1.59. The van der Waals surface area contributed by atoms with Crippen molar-refractivity contribution in [1.29, 1.82) is 4.78 Å². The third-order valence-electron chi connectivity index (χ3n) is 5.95. The number of hydrogen-bond donors (Lipinski definition) is 4. The molecule has 1 aromatic rings. The van der Waals surface area contributed by atoms with Crippen molar-refractivity contribution in [3.05, 3.63) is 63.9 Å². The summed E-state index contributed by atoms with van der Waals surface area (Å²) < 4.78 is 44.8. The largest absolute Gasteiger partial charge is 0.478 e. The molecule has 6 nitrogen and oxygen atoms in total. The van der Waals surface area contributed by atoms with Gasteiger partial charge in [-0.05, 0) is 66.9 Å². The Morgan fingerprint density at radius 2 is 1.83 bits per heavy atom. The fourth-order valence-corrected chi connectivity index (χ4v) is 5.68. The Bertz CT molecular complexity index is 1000. The molecule has 3 aliphatic rings. The second-order valence-corrected chi connectivity index (χ2v) is 10.0. The van der Waals surface area contributed by atoms with Crippen LogP contribution >= 0.6 is 0 Å². The van der Waals surface area contributed by atoms with E-state index in [0.29, 0.717) is 25.0 Å². The monoisotopic (exact) mass is 432 g/mol. The average Bonchev–Trinajstić information content (AvgIpc) is 3.36. The number of allylic oxidation sites excluding steroid dienone is 1. The Hall–Kier alpha value is -2.48. The van der Waals surface area contributed by atoms with E-state index >= 15 is 0 Å². The number of hydrogen-bond acceptors (Lipinski definition) is 5. The fourth-order valence-electron chi connectivity index (χ4n) is 4.55. The first-order valence-electron chi connectivity index (χ1n) is 10.4. The van der Waals surface area contributed by atoms with Gasteiger partial charge in [-0.3, -0.25) is 4.72 Å². The Labute approximate surface area is 177 Å². The molecule has 0 saturated carbocycles. The lowest BCUT2D eigenvalue weighted by Crippen LogP contribution is -2.35. The van der Waals surface area contributed by atoms with Crippen LogP contribution in [-0.2, 0) is 40.3 Å². The molecule has 162 valence electrons. The number of fused-ring (bicyclic) bond motifs is 2. The first-order chi connectivity index (χ1) is 14.3. The highest BCUT2D eigenvalue weighted by atomic mass is 32.2. The molecule has 30 heavy (non-hydrogen) atoms. The molecule has 1 aromatic carbocycles. The van der Waals surface area contributed by atoms with Crippen LogP contribution in [0.5, 0.6) is 0 Å². The van der Waals surface area contributed by atoms with Crippen molar-refractivity contribution in [2.24, 2.45) is 5.92 Å². The van der Waals surface area contributed by atoms with Crippen molar-refractivity contribution in [2.75, 3.05) is 18.5 Å². The zero-order chi connectivity index (χ0) is 21.5. The van der Waals surface area contributed by atoms with Crippen LogP contribution in [0.15, 0.2) is 35.8 Å². The molecule has 1 heterocycles. The summed E-state index contributed by atoms with van der Waals surface area (Å²) >= 11 is 0. The van der Waals surface area contributed by atoms with Crippen LogP contribution in [0.3, 0.4) is 0 Å². The van der Waals surface area contributed by atoms with Gasteiger partial charge in [0.05, 0.1) is 6.61 Å². The van der Waals surface area contributed by atoms with E-state index in [1.165, 1.54) is 6.08 Å². The van der Waals surface area contributed by atoms with Crippen molar-refractivity contribution in [3.63, 3.8) is 0 Å². The third kappa shape index (κ3) is 3.69. The summed E-state index contributed by atoms with van der Waals surface area (Å²) in [4.78, 5) is 0.159. The highest BCUT2D eigenvalue weighted by Crippen LogP contribution is 2.41. The quantitative estimate of drug-likeness (QED) is 0.550. The molecule has 8 heteroatoms. The van der Waals surface area contributed by atoms with E-state index in [1.54, 1.807) is 0 Å². The van der Waals surface area contributed by atoms with Gasteiger partial charge >= 0.3 is 0 Å². The first-order valence-corrected chi connectivity index (χ1v) is 12.0. The lowest BCUT2D eigenvalue weighted by molar-refractivity contribution is 0.117. The van der Waals surface area contributed by atoms with Crippen molar-refractivity contribution < 1.29 is 13.3 Å². The molecule has 1 aliphatic heterocycles. The van der Waals surface area contributed by atoms with Gasteiger partial charge in [0.25, 0.3) is 0 Å². The standard InChI is InChI=1S/C22H29FN4O2S/c1-4-19(22-25-11-13(2)12-29-22)30(24,28)27-14(3)26-21-17-9-5-7-15(17)20(23)16-8-6-10-18(16)21/h4,13,25-26H,1,3,5-12H2,2H3,(H2,24,27,28)/b22-19-. The maximum atomic E-state index is 14.9. The molecule has 0 amide bonds. The smallest absolute Gasteiger partial charge is 0.206 e. The van der Waals surface area contributed by atoms with E-state index in [4.69, 9.17) is 9.52 Å². The molecule has 0 spiro atoms. The van der Waals surface area contributed by atoms with E-state index in [0.717, 1.165) is 66.5 Å². The lowest BCUT2D eigenvalue weighted by atomic mass is 9.98. The van der Waals surface area contributed by atoms with Gasteiger partial charge in [0.2, 0.25) is 5.88 Å². The molecule has 2 aliphatic carbocycles. The number of halogens is 1. The summed E-state index contributed by atoms with van der Waals surface area (Å²) in [6, 6.07) is 0. The van der Waals surface area contributed by atoms with Gasteiger partial charge in [-0.2, -0.15) is 0 Å². The fraction of sp³-hybridized carbons (Fsp3) is 0.455. The summed E-state index contributed by atoms with van der Waals surface area (Å²) in [5.74, 6) is 0.839. The summed E-state index contributed by atoms with van der Waals surface area (Å²) in [6.07, 6.45) is 6.33. The van der Waals surface area contributed by atoms with Gasteiger partial charge in [0, 0.05) is 18.2 Å². The lowest BCUT2D eigenvalue weighted by Gasteiger charge is -2.26. The second kappa shape index (κ2) is 7.98. The van der Waals surface area contributed by atoms with E-state index < -0.39 is 9.92 Å². The van der Waals surface area contributed by atoms with E-state index in [2.05, 4.69) is 28.5 Å². The van der Waals surface area contributed by atoms with Gasteiger partial charge in [-0.1, -0.05) is 20.1 Å². The highest BCUT2D eigenvalue weighted by Gasteiger charge is 2.29. The zero-order valence-electron chi connectivity index (χ0n) is 17.3. The molecule has 0 radical (unpaired) electrons. The second-order valence-electron chi connectivity index (χ2n) is 8.27. The summed E-state index contributed by atoms with van der Waals surface area (Å²) in [5, 5.41) is 6.30. The van der Waals surface area contributed by atoms with Crippen molar-refractivity contribution >= 4 is 15.6 Å². The molecule has 0 aromatic heterocycles. The van der Waals surface area contributed by atoms with Gasteiger partial charge in [0.15, 0.2) is 9.92 Å². The normalized spacial score (nSPS) is 23.3. The van der Waals surface area contributed by atoms with Gasteiger partial charge in [0.1, 0.15) is 16.5 Å². The number of rotatable bonds is 6. The van der Waals surface area contributed by atoms with Crippen molar-refractivity contribution in [2.45, 2.75) is 45.4 Å². The van der Waals surface area contributed by atoms with Crippen LogP contribution in [0.1, 0.15) is 42.0 Å². The molecular formula is C22H29FN4O2S. The minimum absolute atomic E-state index is 0.0446. The van der Waals surface area contributed by atoms with Gasteiger partial charge < -0.3 is 15.4 Å². The first kappa shape index (κ1) is 20.8. The number of benzene rings is 1. The maximum Gasteiger partial charge on any atom is 0.206 e. The van der Waals surface area contributed by atoms with Crippen LogP contribution in [0, 0.1) is 16.5 Å². The van der Waals surface area contributed by atoms with Crippen LogP contribution < -0.4 is 15.4 Å². The van der Waals surface area contributed by atoms with E-state index in [1.807, 2.05) is 6.92 Å².